The molecule has 0 unspecified atom stereocenters. The number of imidazole rings is 1. The molecule has 3 aromatic heterocycles. The molecule has 0 aliphatic heterocycles. The van der Waals surface area contributed by atoms with Crippen LogP contribution in [0.4, 0.5) is 5.82 Å². The Balaban J connectivity index is 1.80. The van der Waals surface area contributed by atoms with Gasteiger partial charge in [-0.05, 0) is 12.1 Å². The summed E-state index contributed by atoms with van der Waals surface area (Å²) in [6.45, 7) is 0.442. The maximum atomic E-state index is 12.2. The summed E-state index contributed by atoms with van der Waals surface area (Å²) < 4.78 is 9.41. The molecule has 9 nitrogen and oxygen atoms in total. The third-order valence-electron chi connectivity index (χ3n) is 3.55. The van der Waals surface area contributed by atoms with E-state index in [4.69, 9.17) is 4.42 Å². The molecule has 3 heterocycles. The number of nitrogens with one attached hydrogen (secondary N) is 1. The van der Waals surface area contributed by atoms with Crippen molar-refractivity contribution in [3.8, 4) is 0 Å². The molecule has 0 atom stereocenters. The molecule has 0 bridgehead atoms. The Morgan fingerprint density at radius 3 is 2.75 bits per heavy atom. The van der Waals surface area contributed by atoms with Crippen molar-refractivity contribution in [3.05, 3.63) is 69.3 Å². The molecule has 0 saturated carbocycles. The van der Waals surface area contributed by atoms with Crippen LogP contribution in [0.2, 0.25) is 0 Å². The van der Waals surface area contributed by atoms with Crippen molar-refractivity contribution < 1.29 is 9.21 Å². The van der Waals surface area contributed by atoms with Gasteiger partial charge in [0, 0.05) is 32.6 Å². The van der Waals surface area contributed by atoms with Crippen molar-refractivity contribution >= 4 is 11.7 Å². The zero-order valence-corrected chi connectivity index (χ0v) is 13.1. The van der Waals surface area contributed by atoms with Gasteiger partial charge in [-0.3, -0.25) is 18.7 Å². The lowest BCUT2D eigenvalue weighted by atomic mass is 10.4. The number of carbonyl (C=O) groups is 1. The monoisotopic (exact) mass is 329 g/mol. The Hall–Kier alpha value is -3.36. The minimum Gasteiger partial charge on any atom is -0.454 e. The first-order valence-corrected chi connectivity index (χ1v) is 7.08. The topological polar surface area (TPSA) is 104 Å². The average Bonchev–Trinajstić information content (AvgIpc) is 3.23. The van der Waals surface area contributed by atoms with E-state index < -0.39 is 17.2 Å². The second kappa shape index (κ2) is 6.03. The van der Waals surface area contributed by atoms with Crippen LogP contribution in [0.1, 0.15) is 16.3 Å². The Morgan fingerprint density at radius 1 is 1.25 bits per heavy atom. The van der Waals surface area contributed by atoms with Gasteiger partial charge in [0.1, 0.15) is 11.6 Å². The number of nitrogens with zero attached hydrogens (tertiary/aromatic N) is 4. The van der Waals surface area contributed by atoms with Gasteiger partial charge in [0.25, 0.3) is 11.5 Å². The Labute approximate surface area is 135 Å². The number of hydrogen-bond acceptors (Lipinski definition) is 5. The molecule has 0 fully saturated rings. The largest absolute Gasteiger partial charge is 0.454 e. The minimum atomic E-state index is -0.546. The highest BCUT2D eigenvalue weighted by Gasteiger charge is 2.14. The maximum Gasteiger partial charge on any atom is 0.332 e. The first-order valence-electron chi connectivity index (χ1n) is 7.08. The fraction of sp³-hybridized carbons (Fsp3) is 0.200. The first kappa shape index (κ1) is 15.5. The molecule has 124 valence electrons. The third kappa shape index (κ3) is 2.91. The molecule has 1 amide bonds. The van der Waals surface area contributed by atoms with Gasteiger partial charge in [0.15, 0.2) is 5.76 Å². The second-order valence-corrected chi connectivity index (χ2v) is 5.22. The molecular formula is C15H15N5O4. The van der Waals surface area contributed by atoms with E-state index in [1.807, 2.05) is 0 Å². The summed E-state index contributed by atoms with van der Waals surface area (Å²) in [6, 6.07) is 4.38. The molecule has 0 aliphatic carbocycles. The molecule has 0 spiro atoms. The van der Waals surface area contributed by atoms with E-state index in [0.717, 1.165) is 4.57 Å². The fourth-order valence-electron chi connectivity index (χ4n) is 2.18. The third-order valence-corrected chi connectivity index (χ3v) is 3.55. The van der Waals surface area contributed by atoms with Gasteiger partial charge in [-0.1, -0.05) is 0 Å². The smallest absolute Gasteiger partial charge is 0.332 e. The van der Waals surface area contributed by atoms with Crippen molar-refractivity contribution in [2.75, 3.05) is 5.32 Å². The Bertz CT molecular complexity index is 994. The van der Waals surface area contributed by atoms with Crippen molar-refractivity contribution in [3.63, 3.8) is 0 Å². The predicted molar refractivity (Wildman–Crippen MR) is 84.9 cm³/mol. The highest BCUT2D eigenvalue weighted by molar-refractivity contribution is 6.01. The molecular weight excluding hydrogens is 314 g/mol. The van der Waals surface area contributed by atoms with Gasteiger partial charge in [-0.15, -0.1) is 0 Å². The van der Waals surface area contributed by atoms with E-state index in [0.29, 0.717) is 12.3 Å². The van der Waals surface area contributed by atoms with Crippen LogP contribution < -0.4 is 16.6 Å². The van der Waals surface area contributed by atoms with Crippen LogP contribution in [0.15, 0.2) is 50.9 Å². The molecule has 0 radical (unpaired) electrons. The maximum absolute atomic E-state index is 12.2. The van der Waals surface area contributed by atoms with Gasteiger partial charge in [-0.25, -0.2) is 9.78 Å². The highest BCUT2D eigenvalue weighted by Crippen LogP contribution is 2.11. The quantitative estimate of drug-likeness (QED) is 0.735. The highest BCUT2D eigenvalue weighted by atomic mass is 16.4. The van der Waals surface area contributed by atoms with Gasteiger partial charge in [0.05, 0.1) is 12.9 Å². The van der Waals surface area contributed by atoms with E-state index in [-0.39, 0.29) is 11.6 Å². The lowest BCUT2D eigenvalue weighted by molar-refractivity contribution is 0.0994. The van der Waals surface area contributed by atoms with Crippen LogP contribution in [-0.4, -0.2) is 24.6 Å². The van der Waals surface area contributed by atoms with Gasteiger partial charge in [-0.2, -0.15) is 0 Å². The van der Waals surface area contributed by atoms with Gasteiger partial charge in [0.2, 0.25) is 0 Å². The zero-order valence-electron chi connectivity index (χ0n) is 13.1. The standard InChI is InChI=1S/C15H15N5O4/c1-18-12(7-13(21)19(2)15(18)23)17-14(22)11-4-3-10(24-11)8-20-6-5-16-9-20/h3-7,9H,8H2,1-2H3,(H,17,22). The van der Waals surface area contributed by atoms with E-state index in [1.54, 1.807) is 29.4 Å². The summed E-state index contributed by atoms with van der Waals surface area (Å²) in [5.41, 5.74) is -1.04. The molecule has 9 heteroatoms. The second-order valence-electron chi connectivity index (χ2n) is 5.22. The van der Waals surface area contributed by atoms with Crippen LogP contribution in [0.3, 0.4) is 0 Å². The number of rotatable bonds is 4. The number of aromatic nitrogens is 4. The van der Waals surface area contributed by atoms with Crippen molar-refractivity contribution in [1.29, 1.82) is 0 Å². The van der Waals surface area contributed by atoms with Crippen molar-refractivity contribution in [2.24, 2.45) is 14.1 Å². The Morgan fingerprint density at radius 2 is 2.04 bits per heavy atom. The van der Waals surface area contributed by atoms with Gasteiger partial charge < -0.3 is 14.3 Å². The number of carbonyl (C=O) groups excluding carboxylic acids is 1. The molecule has 24 heavy (non-hydrogen) atoms. The zero-order chi connectivity index (χ0) is 17.3. The van der Waals surface area contributed by atoms with Crippen LogP contribution in [0.5, 0.6) is 0 Å². The average molecular weight is 329 g/mol. The van der Waals surface area contributed by atoms with Crippen LogP contribution in [-0.2, 0) is 20.6 Å². The van der Waals surface area contributed by atoms with Crippen LogP contribution in [0, 0.1) is 0 Å². The molecule has 3 rings (SSSR count). The predicted octanol–water partition coefficient (Wildman–Crippen LogP) is 0.174. The first-order chi connectivity index (χ1) is 11.5. The van der Waals surface area contributed by atoms with Gasteiger partial charge >= 0.3 is 5.69 Å². The summed E-state index contributed by atoms with van der Waals surface area (Å²) in [7, 11) is 2.83. The number of anilines is 1. The summed E-state index contributed by atoms with van der Waals surface area (Å²) in [5.74, 6) is 0.213. The fourth-order valence-corrected chi connectivity index (χ4v) is 2.18. The number of hydrogen-bond donors (Lipinski definition) is 1. The van der Waals surface area contributed by atoms with Crippen molar-refractivity contribution in [2.45, 2.75) is 6.54 Å². The van der Waals surface area contributed by atoms with E-state index >= 15 is 0 Å². The minimum absolute atomic E-state index is 0.0817. The molecule has 3 aromatic rings. The molecule has 0 saturated heterocycles. The molecule has 1 N–H and O–H groups in total. The van der Waals surface area contributed by atoms with Crippen LogP contribution in [0.25, 0.3) is 0 Å². The summed E-state index contributed by atoms with van der Waals surface area (Å²) in [4.78, 5) is 39.7. The summed E-state index contributed by atoms with van der Waals surface area (Å²) >= 11 is 0. The summed E-state index contributed by atoms with van der Waals surface area (Å²) in [6.07, 6.45) is 5.06. The molecule has 0 aliphatic rings. The SMILES string of the molecule is Cn1c(NC(=O)c2ccc(Cn3ccnc3)o2)cc(=O)n(C)c1=O. The normalized spacial score (nSPS) is 10.8. The lowest BCUT2D eigenvalue weighted by Gasteiger charge is -2.09. The molecule has 0 aromatic carbocycles. The number of furan rings is 1. The van der Waals surface area contributed by atoms with E-state index in [1.165, 1.54) is 30.8 Å². The number of amides is 1. The Kier molecular flexibility index (Phi) is 3.90. The van der Waals surface area contributed by atoms with E-state index in [9.17, 15) is 14.4 Å². The van der Waals surface area contributed by atoms with Crippen LogP contribution >= 0.6 is 0 Å². The summed E-state index contributed by atoms with van der Waals surface area (Å²) in [5, 5.41) is 2.51. The van der Waals surface area contributed by atoms with Crippen molar-refractivity contribution in [1.82, 2.24) is 18.7 Å². The van der Waals surface area contributed by atoms with E-state index in [2.05, 4.69) is 10.3 Å². The lowest BCUT2D eigenvalue weighted by Crippen LogP contribution is -2.38.